The van der Waals surface area contributed by atoms with Gasteiger partial charge in [0.2, 0.25) is 5.91 Å². The van der Waals surface area contributed by atoms with Crippen LogP contribution in [-0.4, -0.2) is 24.0 Å². The molecule has 0 radical (unpaired) electrons. The highest BCUT2D eigenvalue weighted by Crippen LogP contribution is 2.13. The van der Waals surface area contributed by atoms with Crippen LogP contribution < -0.4 is 10.6 Å². The van der Waals surface area contributed by atoms with Crippen LogP contribution >= 0.6 is 0 Å². The number of carbonyl (C=O) groups is 1. The number of rotatable bonds is 3. The van der Waals surface area contributed by atoms with E-state index in [2.05, 4.69) is 15.6 Å². The standard InChI is InChI=1S/C11H14N4O/c1-7-4-5-9(6-12)10(14-7)15-8(2)11(16)13-3/h4-5,8H,1-3H3,(H,13,16)(H,14,15). The zero-order chi connectivity index (χ0) is 12.1. The quantitative estimate of drug-likeness (QED) is 0.787. The molecule has 0 bridgehead atoms. The molecular formula is C11H14N4O. The fourth-order valence-electron chi connectivity index (χ4n) is 1.24. The smallest absolute Gasteiger partial charge is 0.241 e. The summed E-state index contributed by atoms with van der Waals surface area (Å²) in [5.74, 6) is 0.297. The summed E-state index contributed by atoms with van der Waals surface area (Å²) in [7, 11) is 1.56. The third-order valence-electron chi connectivity index (χ3n) is 2.15. The number of carbonyl (C=O) groups excluding carboxylic acids is 1. The van der Waals surface area contributed by atoms with E-state index in [4.69, 9.17) is 5.26 Å². The molecule has 0 fully saturated rings. The second kappa shape index (κ2) is 5.12. The molecule has 0 spiro atoms. The highest BCUT2D eigenvalue weighted by atomic mass is 16.2. The fraction of sp³-hybridized carbons (Fsp3) is 0.364. The molecule has 1 unspecified atom stereocenters. The van der Waals surface area contributed by atoms with Crippen LogP contribution in [0.4, 0.5) is 5.82 Å². The molecule has 2 N–H and O–H groups in total. The number of amides is 1. The lowest BCUT2D eigenvalue weighted by Gasteiger charge is -2.14. The molecule has 5 nitrogen and oxygen atoms in total. The van der Waals surface area contributed by atoms with E-state index in [0.717, 1.165) is 5.69 Å². The van der Waals surface area contributed by atoms with Gasteiger partial charge in [-0.2, -0.15) is 5.26 Å². The summed E-state index contributed by atoms with van der Waals surface area (Å²) in [5.41, 5.74) is 1.23. The number of hydrogen-bond donors (Lipinski definition) is 2. The summed E-state index contributed by atoms with van der Waals surface area (Å²) in [4.78, 5) is 15.5. The van der Waals surface area contributed by atoms with Gasteiger partial charge < -0.3 is 10.6 Å². The lowest BCUT2D eigenvalue weighted by atomic mass is 10.2. The second-order valence-corrected chi connectivity index (χ2v) is 3.44. The van der Waals surface area contributed by atoms with Crippen LogP contribution in [0.15, 0.2) is 12.1 Å². The lowest BCUT2D eigenvalue weighted by molar-refractivity contribution is -0.121. The zero-order valence-electron chi connectivity index (χ0n) is 9.53. The number of nitrogens with one attached hydrogen (secondary N) is 2. The van der Waals surface area contributed by atoms with Gasteiger partial charge in [0.25, 0.3) is 0 Å². The molecule has 0 aliphatic carbocycles. The van der Waals surface area contributed by atoms with E-state index in [-0.39, 0.29) is 5.91 Å². The van der Waals surface area contributed by atoms with Gasteiger partial charge in [-0.3, -0.25) is 4.79 Å². The Morgan fingerprint density at radius 1 is 1.56 bits per heavy atom. The van der Waals surface area contributed by atoms with Crippen LogP contribution in [-0.2, 0) is 4.79 Å². The van der Waals surface area contributed by atoms with Crippen molar-refractivity contribution < 1.29 is 4.79 Å². The molecule has 0 aromatic carbocycles. The summed E-state index contributed by atoms with van der Waals surface area (Å²) >= 11 is 0. The van der Waals surface area contributed by atoms with Crippen LogP contribution in [0.3, 0.4) is 0 Å². The topological polar surface area (TPSA) is 77.8 Å². The molecule has 1 amide bonds. The zero-order valence-corrected chi connectivity index (χ0v) is 9.53. The summed E-state index contributed by atoms with van der Waals surface area (Å²) in [5, 5.41) is 14.3. The average molecular weight is 218 g/mol. The molecule has 0 saturated heterocycles. The Bertz CT molecular complexity index is 436. The predicted octanol–water partition coefficient (Wildman–Crippen LogP) is 0.808. The molecule has 1 atom stereocenters. The predicted molar refractivity (Wildman–Crippen MR) is 60.8 cm³/mol. The van der Waals surface area contributed by atoms with Crippen LogP contribution in [0.5, 0.6) is 0 Å². The van der Waals surface area contributed by atoms with Gasteiger partial charge in [0.1, 0.15) is 17.9 Å². The lowest BCUT2D eigenvalue weighted by Crippen LogP contribution is -2.35. The van der Waals surface area contributed by atoms with E-state index in [9.17, 15) is 4.79 Å². The van der Waals surface area contributed by atoms with Gasteiger partial charge in [-0.15, -0.1) is 0 Å². The second-order valence-electron chi connectivity index (χ2n) is 3.44. The van der Waals surface area contributed by atoms with Gasteiger partial charge in [0.15, 0.2) is 0 Å². The minimum absolute atomic E-state index is 0.146. The molecular weight excluding hydrogens is 204 g/mol. The summed E-state index contributed by atoms with van der Waals surface area (Å²) in [6.45, 7) is 3.54. The third-order valence-corrected chi connectivity index (χ3v) is 2.15. The van der Waals surface area contributed by atoms with Crippen LogP contribution in [0.1, 0.15) is 18.2 Å². The molecule has 0 aliphatic rings. The number of pyridine rings is 1. The van der Waals surface area contributed by atoms with Crippen molar-refractivity contribution in [2.45, 2.75) is 19.9 Å². The molecule has 1 aromatic rings. The first kappa shape index (κ1) is 12.0. The van der Waals surface area contributed by atoms with Gasteiger partial charge in [0, 0.05) is 12.7 Å². The first-order chi connectivity index (χ1) is 7.58. The Hall–Kier alpha value is -2.09. The van der Waals surface area contributed by atoms with Crippen LogP contribution in [0.25, 0.3) is 0 Å². The van der Waals surface area contributed by atoms with E-state index >= 15 is 0 Å². The van der Waals surface area contributed by atoms with Gasteiger partial charge in [-0.25, -0.2) is 4.98 Å². The molecule has 1 heterocycles. The van der Waals surface area contributed by atoms with Crippen molar-refractivity contribution in [1.82, 2.24) is 10.3 Å². The highest BCUT2D eigenvalue weighted by molar-refractivity contribution is 5.83. The van der Waals surface area contributed by atoms with Crippen molar-refractivity contribution in [2.75, 3.05) is 12.4 Å². The highest BCUT2D eigenvalue weighted by Gasteiger charge is 2.13. The van der Waals surface area contributed by atoms with E-state index in [1.165, 1.54) is 0 Å². The van der Waals surface area contributed by atoms with Crippen LogP contribution in [0, 0.1) is 18.3 Å². The number of aromatic nitrogens is 1. The van der Waals surface area contributed by atoms with Gasteiger partial charge >= 0.3 is 0 Å². The molecule has 1 aromatic heterocycles. The van der Waals surface area contributed by atoms with Crippen LogP contribution in [0.2, 0.25) is 0 Å². The first-order valence-electron chi connectivity index (χ1n) is 4.94. The molecule has 1 rings (SSSR count). The minimum atomic E-state index is -0.425. The Morgan fingerprint density at radius 3 is 2.81 bits per heavy atom. The normalized spacial score (nSPS) is 11.4. The summed E-state index contributed by atoms with van der Waals surface area (Å²) in [6.07, 6.45) is 0. The Balaban J connectivity index is 2.92. The van der Waals surface area contributed by atoms with Crippen molar-refractivity contribution in [3.05, 3.63) is 23.4 Å². The maximum atomic E-state index is 11.3. The Labute approximate surface area is 94.5 Å². The van der Waals surface area contributed by atoms with Crippen molar-refractivity contribution in [3.63, 3.8) is 0 Å². The van der Waals surface area contributed by atoms with Crippen molar-refractivity contribution in [2.24, 2.45) is 0 Å². The molecule has 0 aliphatic heterocycles. The largest absolute Gasteiger partial charge is 0.358 e. The van der Waals surface area contributed by atoms with E-state index in [1.807, 2.05) is 13.0 Å². The van der Waals surface area contributed by atoms with E-state index in [0.29, 0.717) is 11.4 Å². The van der Waals surface area contributed by atoms with E-state index in [1.54, 1.807) is 26.1 Å². The van der Waals surface area contributed by atoms with Crippen molar-refractivity contribution >= 4 is 11.7 Å². The van der Waals surface area contributed by atoms with Gasteiger partial charge in [-0.1, -0.05) is 0 Å². The summed E-state index contributed by atoms with van der Waals surface area (Å²) < 4.78 is 0. The maximum absolute atomic E-state index is 11.3. The number of aryl methyl sites for hydroxylation is 1. The Morgan fingerprint density at radius 2 is 2.25 bits per heavy atom. The molecule has 5 heteroatoms. The average Bonchev–Trinajstić information content (AvgIpc) is 2.28. The third kappa shape index (κ3) is 2.70. The summed E-state index contributed by atoms with van der Waals surface area (Å²) in [6, 6.07) is 5.04. The maximum Gasteiger partial charge on any atom is 0.241 e. The number of anilines is 1. The number of nitriles is 1. The molecule has 16 heavy (non-hydrogen) atoms. The fourth-order valence-corrected chi connectivity index (χ4v) is 1.24. The molecule has 84 valence electrons. The number of nitrogens with zero attached hydrogens (tertiary/aromatic N) is 2. The monoisotopic (exact) mass is 218 g/mol. The van der Waals surface area contributed by atoms with Crippen molar-refractivity contribution in [1.29, 1.82) is 5.26 Å². The van der Waals surface area contributed by atoms with Gasteiger partial charge in [0.05, 0.1) is 5.56 Å². The van der Waals surface area contributed by atoms with Gasteiger partial charge in [-0.05, 0) is 26.0 Å². The van der Waals surface area contributed by atoms with E-state index < -0.39 is 6.04 Å². The Kier molecular flexibility index (Phi) is 3.84. The number of likely N-dealkylation sites (N-methyl/N-ethyl adjacent to an activating group) is 1. The van der Waals surface area contributed by atoms with Crippen molar-refractivity contribution in [3.8, 4) is 6.07 Å². The first-order valence-corrected chi connectivity index (χ1v) is 4.94. The molecule has 0 saturated carbocycles. The SMILES string of the molecule is CNC(=O)C(C)Nc1nc(C)ccc1C#N. The number of hydrogen-bond acceptors (Lipinski definition) is 4. The minimum Gasteiger partial charge on any atom is -0.358 e.